The van der Waals surface area contributed by atoms with Crippen LogP contribution >= 0.6 is 11.8 Å². The molecule has 4 aliphatic rings. The van der Waals surface area contributed by atoms with Crippen molar-refractivity contribution < 1.29 is 19.5 Å². The van der Waals surface area contributed by atoms with E-state index in [2.05, 4.69) is 12.2 Å². The quantitative estimate of drug-likeness (QED) is 0.458. The molecule has 0 aromatic heterocycles. The fourth-order valence-electron chi connectivity index (χ4n) is 6.89. The predicted molar refractivity (Wildman–Crippen MR) is 146 cm³/mol. The van der Waals surface area contributed by atoms with Gasteiger partial charge in [0.1, 0.15) is 6.04 Å². The van der Waals surface area contributed by atoms with Gasteiger partial charge in [-0.15, -0.1) is 11.8 Å². The molecule has 1 unspecified atom stereocenters. The minimum absolute atomic E-state index is 0.0344. The molecule has 4 heterocycles. The Bertz CT molecular complexity index is 1160. The molecule has 2 saturated heterocycles. The van der Waals surface area contributed by atoms with Crippen molar-refractivity contribution in [2.45, 2.75) is 55.6 Å². The van der Waals surface area contributed by atoms with E-state index in [1.807, 2.05) is 56.0 Å². The van der Waals surface area contributed by atoms with Gasteiger partial charge in [-0.3, -0.25) is 14.4 Å². The van der Waals surface area contributed by atoms with Gasteiger partial charge in [-0.1, -0.05) is 42.5 Å². The van der Waals surface area contributed by atoms with Crippen molar-refractivity contribution in [2.75, 3.05) is 38.2 Å². The number of aliphatic hydroxyl groups excluding tert-OH is 1. The Morgan fingerprint density at radius 2 is 1.65 bits per heavy atom. The van der Waals surface area contributed by atoms with Crippen molar-refractivity contribution in [3.8, 4) is 0 Å². The molecular weight excluding hydrogens is 486 g/mol. The number of unbranched alkanes of at least 4 members (excludes halogenated alkanes) is 2. The van der Waals surface area contributed by atoms with Crippen LogP contribution in [-0.2, 0) is 14.4 Å². The number of likely N-dealkylation sites (tertiary alicyclic amines) is 1. The first-order valence-corrected chi connectivity index (χ1v) is 14.1. The van der Waals surface area contributed by atoms with Crippen LogP contribution in [0.1, 0.15) is 37.3 Å². The van der Waals surface area contributed by atoms with Gasteiger partial charge in [-0.05, 0) is 51.2 Å². The molecule has 1 spiro atoms. The summed E-state index contributed by atoms with van der Waals surface area (Å²) < 4.78 is -1.41. The van der Waals surface area contributed by atoms with Crippen LogP contribution in [0.15, 0.2) is 42.5 Å². The summed E-state index contributed by atoms with van der Waals surface area (Å²) in [5.41, 5.74) is 2.93. The molecule has 0 bridgehead atoms. The molecule has 2 fully saturated rings. The Morgan fingerprint density at radius 1 is 0.946 bits per heavy atom. The second-order valence-electron chi connectivity index (χ2n) is 11.0. The summed E-state index contributed by atoms with van der Waals surface area (Å²) in [4.78, 5) is 47.8. The fraction of sp³-hybridized carbons (Fsp3) is 0.552. The van der Waals surface area contributed by atoms with Crippen molar-refractivity contribution in [1.82, 2.24) is 9.80 Å². The standard InChI is InChI=1S/C29H37N3O4S/c1-19-11-8-12-20(2)23(19)31-17-10-14-29-22(21-25(34)30(4)15-9-13-28(21,3)37-29)26(35)32(24(29)27(31)36)16-6-5-7-18-33/h8-14,21-22,24,33H,5-7,15-18H2,1-4H3/t21-,22+,24?,28+,29+/m1/s1. The lowest BCUT2D eigenvalue weighted by Crippen LogP contribution is -2.53. The summed E-state index contributed by atoms with van der Waals surface area (Å²) >= 11 is 1.62. The molecule has 5 atom stereocenters. The zero-order valence-electron chi connectivity index (χ0n) is 22.1. The average Bonchev–Trinajstić information content (AvgIpc) is 3.12. The first-order valence-electron chi connectivity index (χ1n) is 13.3. The highest BCUT2D eigenvalue weighted by Gasteiger charge is 2.73. The number of benzene rings is 1. The molecule has 198 valence electrons. The van der Waals surface area contributed by atoms with Crippen molar-refractivity contribution in [3.63, 3.8) is 0 Å². The third-order valence-corrected chi connectivity index (χ3v) is 10.3. The second kappa shape index (κ2) is 9.62. The van der Waals surface area contributed by atoms with Gasteiger partial charge in [0.25, 0.3) is 5.91 Å². The molecule has 5 rings (SSSR count). The summed E-state index contributed by atoms with van der Waals surface area (Å²) in [5, 5.41) is 9.26. The number of carbonyl (C=O) groups excluding carboxylic acids is 3. The Labute approximate surface area is 223 Å². The van der Waals surface area contributed by atoms with Crippen molar-refractivity contribution in [2.24, 2.45) is 11.8 Å². The second-order valence-corrected chi connectivity index (χ2v) is 12.8. The SMILES string of the molecule is Cc1cccc(C)c1N1CC=C[C@]23S[C@@]4(C)C=CCN(C)C(=O)[C@H]4[C@H]2C(=O)N(CCCCCO)C3C1=O. The van der Waals surface area contributed by atoms with Crippen molar-refractivity contribution in [1.29, 1.82) is 0 Å². The number of nitrogens with zero attached hydrogens (tertiary/aromatic N) is 3. The third kappa shape index (κ3) is 3.95. The molecule has 0 radical (unpaired) electrons. The van der Waals surface area contributed by atoms with E-state index in [-0.39, 0.29) is 24.3 Å². The van der Waals surface area contributed by atoms with Crippen LogP contribution in [-0.4, -0.2) is 81.5 Å². The highest BCUT2D eigenvalue weighted by molar-refractivity contribution is 8.02. The Kier molecular flexibility index (Phi) is 6.77. The largest absolute Gasteiger partial charge is 0.396 e. The van der Waals surface area contributed by atoms with Gasteiger partial charge in [-0.2, -0.15) is 0 Å². The van der Waals surface area contributed by atoms with E-state index >= 15 is 0 Å². The van der Waals surface area contributed by atoms with Crippen molar-refractivity contribution >= 4 is 35.2 Å². The molecule has 7 nitrogen and oxygen atoms in total. The van der Waals surface area contributed by atoms with Gasteiger partial charge in [0.05, 0.1) is 16.6 Å². The minimum Gasteiger partial charge on any atom is -0.396 e. The van der Waals surface area contributed by atoms with Crippen molar-refractivity contribution in [3.05, 3.63) is 53.6 Å². The van der Waals surface area contributed by atoms with Crippen LogP contribution in [0.2, 0.25) is 0 Å². The maximum atomic E-state index is 14.6. The number of thioether (sulfide) groups is 1. The number of hydrogen-bond acceptors (Lipinski definition) is 5. The molecular formula is C29H37N3O4S. The number of carbonyl (C=O) groups is 3. The smallest absolute Gasteiger partial charge is 0.251 e. The summed E-state index contributed by atoms with van der Waals surface area (Å²) in [5.74, 6) is -1.37. The lowest BCUT2D eigenvalue weighted by atomic mass is 9.74. The fourth-order valence-corrected chi connectivity index (χ4v) is 9.04. The number of aliphatic hydroxyl groups is 1. The first kappa shape index (κ1) is 26.0. The van der Waals surface area contributed by atoms with Crippen LogP contribution < -0.4 is 4.90 Å². The number of para-hydroxylation sites is 1. The van der Waals surface area contributed by atoms with Gasteiger partial charge < -0.3 is 19.8 Å². The molecule has 8 heteroatoms. The van der Waals surface area contributed by atoms with Crippen LogP contribution in [0.5, 0.6) is 0 Å². The third-order valence-electron chi connectivity index (χ3n) is 8.52. The molecule has 4 aliphatic heterocycles. The Morgan fingerprint density at radius 3 is 2.35 bits per heavy atom. The summed E-state index contributed by atoms with van der Waals surface area (Å²) in [6.07, 6.45) is 10.3. The van der Waals surface area contributed by atoms with E-state index in [4.69, 9.17) is 0 Å². The molecule has 1 aromatic carbocycles. The highest BCUT2D eigenvalue weighted by atomic mass is 32.2. The number of fused-ring (bicyclic) bond motifs is 2. The average molecular weight is 524 g/mol. The van der Waals surface area contributed by atoms with E-state index in [0.29, 0.717) is 32.5 Å². The number of rotatable bonds is 6. The maximum absolute atomic E-state index is 14.6. The molecule has 1 aromatic rings. The lowest BCUT2D eigenvalue weighted by Gasteiger charge is -2.37. The topological polar surface area (TPSA) is 81.2 Å². The molecule has 0 aliphatic carbocycles. The Hall–Kier alpha value is -2.58. The first-order chi connectivity index (χ1) is 17.7. The van der Waals surface area contributed by atoms with Crippen LogP contribution in [0.25, 0.3) is 0 Å². The van der Waals surface area contributed by atoms with E-state index in [9.17, 15) is 19.5 Å². The van der Waals surface area contributed by atoms with Crippen LogP contribution in [0.4, 0.5) is 5.69 Å². The number of aryl methyl sites for hydroxylation is 2. The van der Waals surface area contributed by atoms with Gasteiger partial charge in [0, 0.05) is 43.7 Å². The predicted octanol–water partition coefficient (Wildman–Crippen LogP) is 3.08. The normalized spacial score (nSPS) is 32.9. The van der Waals surface area contributed by atoms with Gasteiger partial charge in [0.2, 0.25) is 11.8 Å². The summed E-state index contributed by atoms with van der Waals surface area (Å²) in [7, 11) is 1.79. The van der Waals surface area contributed by atoms with Crippen LogP contribution in [0, 0.1) is 25.7 Å². The number of hydrogen-bond donors (Lipinski definition) is 1. The number of likely N-dealkylation sites (N-methyl/N-ethyl adjacent to an activating group) is 1. The molecule has 0 saturated carbocycles. The zero-order chi connectivity index (χ0) is 26.5. The van der Waals surface area contributed by atoms with Crippen LogP contribution in [0.3, 0.4) is 0 Å². The summed E-state index contributed by atoms with van der Waals surface area (Å²) in [6.45, 7) is 7.55. The van der Waals surface area contributed by atoms with Gasteiger partial charge in [-0.25, -0.2) is 0 Å². The maximum Gasteiger partial charge on any atom is 0.251 e. The number of amides is 3. The molecule has 37 heavy (non-hydrogen) atoms. The van der Waals surface area contributed by atoms with E-state index in [0.717, 1.165) is 23.2 Å². The van der Waals surface area contributed by atoms with E-state index in [1.54, 1.807) is 28.6 Å². The highest BCUT2D eigenvalue weighted by Crippen LogP contribution is 2.65. The zero-order valence-corrected chi connectivity index (χ0v) is 23.0. The molecule has 1 N–H and O–H groups in total. The van der Waals surface area contributed by atoms with E-state index < -0.39 is 27.4 Å². The van der Waals surface area contributed by atoms with E-state index in [1.165, 1.54) is 0 Å². The minimum atomic E-state index is -0.825. The lowest BCUT2D eigenvalue weighted by molar-refractivity contribution is -0.143. The van der Waals surface area contributed by atoms with Gasteiger partial charge in [0.15, 0.2) is 0 Å². The van der Waals surface area contributed by atoms with Gasteiger partial charge >= 0.3 is 0 Å². The Balaban J connectivity index is 1.63. The number of anilines is 1. The summed E-state index contributed by atoms with van der Waals surface area (Å²) in [6, 6.07) is 5.32. The monoisotopic (exact) mass is 523 g/mol. The molecule has 3 amide bonds.